The quantitative estimate of drug-likeness (QED) is 0.761. The number of H-pyrrole nitrogens is 1. The number of rotatable bonds is 3. The van der Waals surface area contributed by atoms with Crippen LogP contribution < -0.4 is 0 Å². The average molecular weight is 180 g/mol. The minimum atomic E-state index is 0.192. The van der Waals surface area contributed by atoms with Crippen LogP contribution in [-0.2, 0) is 11.8 Å². The summed E-state index contributed by atoms with van der Waals surface area (Å²) in [5.74, 6) is 1.13. The van der Waals surface area contributed by atoms with Gasteiger partial charge in [0.25, 0.3) is 0 Å². The summed E-state index contributed by atoms with van der Waals surface area (Å²) in [6, 6.07) is 0. The molecule has 0 saturated carbocycles. The van der Waals surface area contributed by atoms with Crippen LogP contribution in [0.5, 0.6) is 0 Å². The molecule has 0 aromatic carbocycles. The molecule has 0 bridgehead atoms. The number of hydrogen-bond acceptors (Lipinski definition) is 1. The highest BCUT2D eigenvalue weighted by Crippen LogP contribution is 2.19. The molecule has 0 unspecified atom stereocenters. The molecule has 1 rings (SSSR count). The fraction of sp³-hybridized carbons (Fsp3) is 0.727. The smallest absolute Gasteiger partial charge is 0.106 e. The highest BCUT2D eigenvalue weighted by molar-refractivity contribution is 5.11. The summed E-state index contributed by atoms with van der Waals surface area (Å²) in [7, 11) is 0. The number of hydrogen-bond donors (Lipinski definition) is 1. The molecule has 2 heteroatoms. The second-order valence-electron chi connectivity index (χ2n) is 4.60. The van der Waals surface area contributed by atoms with Crippen LogP contribution in [0.25, 0.3) is 0 Å². The topological polar surface area (TPSA) is 28.7 Å². The van der Waals surface area contributed by atoms with Crippen LogP contribution in [-0.4, -0.2) is 9.97 Å². The summed E-state index contributed by atoms with van der Waals surface area (Å²) >= 11 is 0. The number of imidazole rings is 1. The maximum absolute atomic E-state index is 4.36. The molecule has 0 fully saturated rings. The van der Waals surface area contributed by atoms with E-state index >= 15 is 0 Å². The third-order valence-electron chi connectivity index (χ3n) is 2.20. The van der Waals surface area contributed by atoms with Crippen molar-refractivity contribution in [1.29, 1.82) is 0 Å². The number of aromatic nitrogens is 2. The lowest BCUT2D eigenvalue weighted by Gasteiger charge is -2.15. The minimum Gasteiger partial charge on any atom is -0.345 e. The van der Waals surface area contributed by atoms with E-state index < -0.39 is 0 Å². The highest BCUT2D eigenvalue weighted by atomic mass is 14.9. The van der Waals surface area contributed by atoms with E-state index in [9.17, 15) is 0 Å². The Morgan fingerprint density at radius 3 is 2.54 bits per heavy atom. The first kappa shape index (κ1) is 10.3. The molecular weight excluding hydrogens is 160 g/mol. The van der Waals surface area contributed by atoms with Gasteiger partial charge in [-0.15, -0.1) is 0 Å². The Kier molecular flexibility index (Phi) is 3.12. The number of nitrogens with zero attached hydrogens (tertiary/aromatic N) is 1. The average Bonchev–Trinajstić information content (AvgIpc) is 2.47. The van der Waals surface area contributed by atoms with Gasteiger partial charge >= 0.3 is 0 Å². The Morgan fingerprint density at radius 2 is 2.08 bits per heavy atom. The van der Waals surface area contributed by atoms with Crippen LogP contribution in [0.3, 0.4) is 0 Å². The molecule has 1 N–H and O–H groups in total. The van der Waals surface area contributed by atoms with E-state index in [2.05, 4.69) is 37.7 Å². The summed E-state index contributed by atoms with van der Waals surface area (Å²) in [5, 5.41) is 0. The first-order chi connectivity index (χ1) is 6.04. The van der Waals surface area contributed by atoms with Gasteiger partial charge in [-0.3, -0.25) is 0 Å². The van der Waals surface area contributed by atoms with Crippen LogP contribution >= 0.6 is 0 Å². The Labute approximate surface area is 80.8 Å². The zero-order valence-corrected chi connectivity index (χ0v) is 9.15. The van der Waals surface area contributed by atoms with Crippen molar-refractivity contribution >= 4 is 0 Å². The SMILES string of the molecule is CCCCc1ncc(C(C)(C)C)[nH]1. The Bertz CT molecular complexity index is 255. The van der Waals surface area contributed by atoms with Gasteiger partial charge in [-0.25, -0.2) is 4.98 Å². The van der Waals surface area contributed by atoms with Gasteiger partial charge in [-0.05, 0) is 6.42 Å². The van der Waals surface area contributed by atoms with Crippen molar-refractivity contribution in [3.8, 4) is 0 Å². The van der Waals surface area contributed by atoms with E-state index in [1.54, 1.807) is 0 Å². The maximum Gasteiger partial charge on any atom is 0.106 e. The second-order valence-corrected chi connectivity index (χ2v) is 4.60. The third-order valence-corrected chi connectivity index (χ3v) is 2.20. The van der Waals surface area contributed by atoms with Crippen LogP contribution in [0.15, 0.2) is 6.20 Å². The molecule has 0 radical (unpaired) electrons. The van der Waals surface area contributed by atoms with Gasteiger partial charge in [0.2, 0.25) is 0 Å². The Hall–Kier alpha value is -0.790. The molecule has 0 aliphatic carbocycles. The third kappa shape index (κ3) is 2.87. The monoisotopic (exact) mass is 180 g/mol. The van der Waals surface area contributed by atoms with E-state index in [1.807, 2.05) is 6.20 Å². The van der Waals surface area contributed by atoms with Crippen molar-refractivity contribution in [3.05, 3.63) is 17.7 Å². The van der Waals surface area contributed by atoms with Crippen molar-refractivity contribution in [2.75, 3.05) is 0 Å². The lowest BCUT2D eigenvalue weighted by molar-refractivity contribution is 0.570. The molecule has 0 aliphatic heterocycles. The summed E-state index contributed by atoms with van der Waals surface area (Å²) in [5.41, 5.74) is 1.43. The normalized spacial score (nSPS) is 12.0. The van der Waals surface area contributed by atoms with Crippen LogP contribution in [0, 0.1) is 0 Å². The van der Waals surface area contributed by atoms with Gasteiger partial charge in [-0.1, -0.05) is 34.1 Å². The molecule has 2 nitrogen and oxygen atoms in total. The zero-order valence-electron chi connectivity index (χ0n) is 9.15. The van der Waals surface area contributed by atoms with Gasteiger partial charge in [0.1, 0.15) is 5.82 Å². The first-order valence-corrected chi connectivity index (χ1v) is 5.08. The number of unbranched alkanes of at least 4 members (excludes halogenated alkanes) is 1. The van der Waals surface area contributed by atoms with Gasteiger partial charge in [0.15, 0.2) is 0 Å². The van der Waals surface area contributed by atoms with Gasteiger partial charge in [-0.2, -0.15) is 0 Å². The van der Waals surface area contributed by atoms with Crippen molar-refractivity contribution < 1.29 is 0 Å². The van der Waals surface area contributed by atoms with Crippen molar-refractivity contribution in [2.45, 2.75) is 52.4 Å². The number of nitrogens with one attached hydrogen (secondary N) is 1. The predicted octanol–water partition coefficient (Wildman–Crippen LogP) is 3.05. The second kappa shape index (κ2) is 3.95. The van der Waals surface area contributed by atoms with Crippen LogP contribution in [0.4, 0.5) is 0 Å². The molecule has 0 saturated heterocycles. The molecule has 0 aliphatic rings. The zero-order chi connectivity index (χ0) is 9.90. The van der Waals surface area contributed by atoms with Gasteiger partial charge < -0.3 is 4.98 Å². The highest BCUT2D eigenvalue weighted by Gasteiger charge is 2.15. The van der Waals surface area contributed by atoms with E-state index in [-0.39, 0.29) is 5.41 Å². The molecule has 1 aromatic rings. The molecule has 1 aromatic heterocycles. The molecule has 13 heavy (non-hydrogen) atoms. The molecule has 0 atom stereocenters. The molecular formula is C11H20N2. The maximum atomic E-state index is 4.36. The molecule has 0 spiro atoms. The molecule has 0 amide bonds. The van der Waals surface area contributed by atoms with Gasteiger partial charge in [0, 0.05) is 23.7 Å². The lowest BCUT2D eigenvalue weighted by Crippen LogP contribution is -2.11. The van der Waals surface area contributed by atoms with E-state index in [1.165, 1.54) is 18.5 Å². The van der Waals surface area contributed by atoms with Crippen molar-refractivity contribution in [1.82, 2.24) is 9.97 Å². The Morgan fingerprint density at radius 1 is 1.38 bits per heavy atom. The lowest BCUT2D eigenvalue weighted by atomic mass is 9.93. The fourth-order valence-electron chi connectivity index (χ4n) is 1.21. The number of aromatic amines is 1. The minimum absolute atomic E-state index is 0.192. The first-order valence-electron chi connectivity index (χ1n) is 5.08. The van der Waals surface area contributed by atoms with Crippen LogP contribution in [0.2, 0.25) is 0 Å². The van der Waals surface area contributed by atoms with Crippen LogP contribution in [0.1, 0.15) is 52.1 Å². The van der Waals surface area contributed by atoms with E-state index in [4.69, 9.17) is 0 Å². The van der Waals surface area contributed by atoms with Crippen molar-refractivity contribution in [2.24, 2.45) is 0 Å². The summed E-state index contributed by atoms with van der Waals surface area (Å²) in [6.45, 7) is 8.80. The molecule has 1 heterocycles. The standard InChI is InChI=1S/C11H20N2/c1-5-6-7-10-12-8-9(13-10)11(2,3)4/h8H,5-7H2,1-4H3,(H,12,13). The summed E-state index contributed by atoms with van der Waals surface area (Å²) in [4.78, 5) is 7.74. The van der Waals surface area contributed by atoms with Gasteiger partial charge in [0.05, 0.1) is 0 Å². The predicted molar refractivity (Wildman–Crippen MR) is 55.9 cm³/mol. The molecule has 74 valence electrons. The Balaban J connectivity index is 2.64. The number of aryl methyl sites for hydroxylation is 1. The summed E-state index contributed by atoms with van der Waals surface area (Å²) in [6.07, 6.45) is 5.49. The summed E-state index contributed by atoms with van der Waals surface area (Å²) < 4.78 is 0. The largest absolute Gasteiger partial charge is 0.345 e. The van der Waals surface area contributed by atoms with Crippen molar-refractivity contribution in [3.63, 3.8) is 0 Å². The fourth-order valence-corrected chi connectivity index (χ4v) is 1.21. The van der Waals surface area contributed by atoms with E-state index in [0.717, 1.165) is 12.2 Å². The van der Waals surface area contributed by atoms with E-state index in [0.29, 0.717) is 0 Å².